The zero-order valence-corrected chi connectivity index (χ0v) is 27.0. The first-order valence-corrected chi connectivity index (χ1v) is 16.7. The second kappa shape index (κ2) is 15.0. The number of piperazine rings is 1. The van der Waals surface area contributed by atoms with Gasteiger partial charge < -0.3 is 19.7 Å². The fourth-order valence-corrected chi connectivity index (χ4v) is 7.17. The normalized spacial score (nSPS) is 14.8. The first kappa shape index (κ1) is 31.8. The largest absolute Gasteiger partial charge is 0.395 e. The molecule has 4 aromatic carbocycles. The number of aliphatic hydroxyl groups excluding tert-OH is 1. The van der Waals surface area contributed by atoms with E-state index < -0.39 is 0 Å². The fourth-order valence-electron chi connectivity index (χ4n) is 6.10. The molecule has 46 heavy (non-hydrogen) atoms. The first-order chi connectivity index (χ1) is 22.5. The predicted octanol–water partition coefficient (Wildman–Crippen LogP) is 6.02. The number of para-hydroxylation sites is 4. The third-order valence-electron chi connectivity index (χ3n) is 8.50. The fraction of sp³-hybridized carbons (Fsp3) is 0.297. The number of carbonyl (C=O) groups is 2. The Labute approximate surface area is 274 Å². The summed E-state index contributed by atoms with van der Waals surface area (Å²) in [7, 11) is 0. The highest BCUT2D eigenvalue weighted by molar-refractivity contribution is 7.99. The van der Waals surface area contributed by atoms with Crippen LogP contribution in [0.3, 0.4) is 0 Å². The second-order valence-corrected chi connectivity index (χ2v) is 12.7. The molecule has 3 heterocycles. The average molecular weight is 634 g/mol. The van der Waals surface area contributed by atoms with Gasteiger partial charge in [0.1, 0.15) is 11.8 Å². The highest BCUT2D eigenvalue weighted by atomic mass is 32.2. The molecule has 1 aromatic heterocycles. The van der Waals surface area contributed by atoms with Crippen LogP contribution in [0.1, 0.15) is 29.3 Å². The summed E-state index contributed by atoms with van der Waals surface area (Å²) in [6.07, 6.45) is 2.54. The van der Waals surface area contributed by atoms with E-state index in [1.54, 1.807) is 13.0 Å². The number of aromatic nitrogens is 2. The van der Waals surface area contributed by atoms with E-state index in [4.69, 9.17) is 5.11 Å². The molecular formula is C37H39N5O3S. The van der Waals surface area contributed by atoms with Crippen LogP contribution < -0.4 is 4.90 Å². The SMILES string of the molecule is CC(=O)c1cccc2nc3ccccc3nc12.O=CCc1ccc2c(c1)N(CCCN1CCN(CCO)CC1)c1ccccc1S2. The van der Waals surface area contributed by atoms with Gasteiger partial charge in [0.05, 0.1) is 34.5 Å². The van der Waals surface area contributed by atoms with Gasteiger partial charge in [0, 0.05) is 61.0 Å². The molecule has 8 nitrogen and oxygen atoms in total. The van der Waals surface area contributed by atoms with E-state index in [0.717, 1.165) is 80.6 Å². The monoisotopic (exact) mass is 633 g/mol. The van der Waals surface area contributed by atoms with Gasteiger partial charge in [-0.1, -0.05) is 48.2 Å². The summed E-state index contributed by atoms with van der Waals surface area (Å²) >= 11 is 1.81. The van der Waals surface area contributed by atoms with Gasteiger partial charge in [-0.05, 0) is 74.0 Å². The van der Waals surface area contributed by atoms with Gasteiger partial charge in [-0.25, -0.2) is 9.97 Å². The van der Waals surface area contributed by atoms with Crippen molar-refractivity contribution in [3.8, 4) is 0 Å². The molecule has 1 N–H and O–H groups in total. The third-order valence-corrected chi connectivity index (χ3v) is 9.63. The van der Waals surface area contributed by atoms with E-state index in [0.29, 0.717) is 17.5 Å². The van der Waals surface area contributed by atoms with E-state index in [1.807, 2.05) is 48.2 Å². The number of carbonyl (C=O) groups excluding carboxylic acids is 2. The Kier molecular flexibility index (Phi) is 10.3. The summed E-state index contributed by atoms with van der Waals surface area (Å²) in [4.78, 5) is 41.4. The molecule has 0 radical (unpaired) electrons. The molecule has 2 aliphatic heterocycles. The molecule has 0 spiro atoms. The lowest BCUT2D eigenvalue weighted by Crippen LogP contribution is -2.47. The lowest BCUT2D eigenvalue weighted by molar-refractivity contribution is -0.107. The minimum Gasteiger partial charge on any atom is -0.395 e. The summed E-state index contributed by atoms with van der Waals surface area (Å²) in [6, 6.07) is 28.2. The van der Waals surface area contributed by atoms with Crippen molar-refractivity contribution in [2.75, 3.05) is 57.3 Å². The van der Waals surface area contributed by atoms with Crippen LogP contribution in [0.15, 0.2) is 94.7 Å². The molecule has 0 saturated carbocycles. The number of fused-ring (bicyclic) bond motifs is 4. The number of anilines is 2. The maximum absolute atomic E-state index is 11.5. The summed E-state index contributed by atoms with van der Waals surface area (Å²) in [5.74, 6) is 0.0141. The van der Waals surface area contributed by atoms with Gasteiger partial charge in [-0.2, -0.15) is 0 Å². The van der Waals surface area contributed by atoms with Crippen LogP contribution in [-0.4, -0.2) is 89.4 Å². The number of aliphatic hydroxyl groups is 1. The number of Topliss-reactive ketones (excluding diaryl/α,β-unsaturated/α-hetero) is 1. The molecule has 2 aliphatic rings. The van der Waals surface area contributed by atoms with E-state index >= 15 is 0 Å². The Hall–Kier alpha value is -4.15. The summed E-state index contributed by atoms with van der Waals surface area (Å²) in [5.41, 5.74) is 7.29. The van der Waals surface area contributed by atoms with Crippen molar-refractivity contribution < 1.29 is 14.7 Å². The van der Waals surface area contributed by atoms with Gasteiger partial charge in [0.25, 0.3) is 0 Å². The number of aldehydes is 1. The summed E-state index contributed by atoms with van der Waals surface area (Å²) < 4.78 is 0. The quantitative estimate of drug-likeness (QED) is 0.119. The van der Waals surface area contributed by atoms with Crippen LogP contribution in [-0.2, 0) is 11.2 Å². The third kappa shape index (κ3) is 7.29. The number of benzene rings is 4. The van der Waals surface area contributed by atoms with Crippen LogP contribution >= 0.6 is 11.8 Å². The van der Waals surface area contributed by atoms with E-state index in [-0.39, 0.29) is 12.4 Å². The van der Waals surface area contributed by atoms with Crippen molar-refractivity contribution in [3.63, 3.8) is 0 Å². The number of rotatable bonds is 9. The topological polar surface area (TPSA) is 89.9 Å². The highest BCUT2D eigenvalue weighted by Crippen LogP contribution is 2.48. The number of β-amino-alcohol motifs (C(OH)–C–C–N with tert-alkyl or cyclic N) is 1. The second-order valence-electron chi connectivity index (χ2n) is 11.6. The van der Waals surface area contributed by atoms with Gasteiger partial charge in [0.15, 0.2) is 5.78 Å². The maximum atomic E-state index is 11.5. The zero-order valence-electron chi connectivity index (χ0n) is 26.1. The molecule has 236 valence electrons. The molecule has 1 fully saturated rings. The molecular weight excluding hydrogens is 595 g/mol. The molecule has 0 aliphatic carbocycles. The average Bonchev–Trinajstić information content (AvgIpc) is 3.08. The lowest BCUT2D eigenvalue weighted by atomic mass is 10.1. The molecule has 5 aromatic rings. The molecule has 0 unspecified atom stereocenters. The number of hydrogen-bond acceptors (Lipinski definition) is 9. The van der Waals surface area contributed by atoms with Crippen LogP contribution in [0.5, 0.6) is 0 Å². The van der Waals surface area contributed by atoms with Crippen molar-refractivity contribution >= 4 is 57.3 Å². The molecule has 0 amide bonds. The lowest BCUT2D eigenvalue weighted by Gasteiger charge is -2.36. The Morgan fingerprint density at radius 3 is 2.20 bits per heavy atom. The van der Waals surface area contributed by atoms with Crippen molar-refractivity contribution in [1.82, 2.24) is 19.8 Å². The molecule has 0 bridgehead atoms. The first-order valence-electron chi connectivity index (χ1n) is 15.9. The van der Waals surface area contributed by atoms with Gasteiger partial charge in [0.2, 0.25) is 0 Å². The van der Waals surface area contributed by atoms with Crippen LogP contribution in [0, 0.1) is 0 Å². The minimum absolute atomic E-state index is 0.0141. The van der Waals surface area contributed by atoms with E-state index in [1.165, 1.54) is 21.2 Å². The summed E-state index contributed by atoms with van der Waals surface area (Å²) in [5, 5.41) is 9.10. The van der Waals surface area contributed by atoms with Gasteiger partial charge in [-0.3, -0.25) is 9.69 Å². The van der Waals surface area contributed by atoms with Crippen molar-refractivity contribution in [2.45, 2.75) is 29.6 Å². The Morgan fingerprint density at radius 1 is 0.783 bits per heavy atom. The van der Waals surface area contributed by atoms with Crippen LogP contribution in [0.4, 0.5) is 11.4 Å². The zero-order chi connectivity index (χ0) is 31.9. The maximum Gasteiger partial charge on any atom is 0.162 e. The van der Waals surface area contributed by atoms with E-state index in [2.05, 4.69) is 67.1 Å². The molecule has 1 saturated heterocycles. The van der Waals surface area contributed by atoms with Crippen molar-refractivity contribution in [1.29, 1.82) is 0 Å². The van der Waals surface area contributed by atoms with Gasteiger partial charge in [-0.15, -0.1) is 0 Å². The molecule has 9 heteroatoms. The number of nitrogens with zero attached hydrogens (tertiary/aromatic N) is 5. The number of hydrogen-bond donors (Lipinski definition) is 1. The Morgan fingerprint density at radius 2 is 1.46 bits per heavy atom. The Bertz CT molecular complexity index is 1840. The van der Waals surface area contributed by atoms with Gasteiger partial charge >= 0.3 is 0 Å². The minimum atomic E-state index is 0.0141. The molecule has 0 atom stereocenters. The molecule has 7 rings (SSSR count). The van der Waals surface area contributed by atoms with Crippen LogP contribution in [0.25, 0.3) is 22.1 Å². The number of ketones is 1. The predicted molar refractivity (Wildman–Crippen MR) is 185 cm³/mol. The standard InChI is InChI=1S/C23H29N3O2S.C14H10N2O/c27-16-8-19-6-7-23-21(18-19)26(20-4-1-2-5-22(20)29-23)10-3-9-24-11-13-25(14-12-24)15-17-28;1-9(17)10-5-4-8-13-14(10)16-12-7-3-2-6-11(12)15-13/h1-2,4-7,16,18,28H,3,8-15,17H2;2-8H,1H3. The van der Waals surface area contributed by atoms with Crippen LogP contribution in [0.2, 0.25) is 0 Å². The Balaban J connectivity index is 0.000000185. The summed E-state index contributed by atoms with van der Waals surface area (Å²) in [6.45, 7) is 8.87. The smallest absolute Gasteiger partial charge is 0.162 e. The van der Waals surface area contributed by atoms with E-state index in [9.17, 15) is 9.59 Å². The van der Waals surface area contributed by atoms with Crippen molar-refractivity contribution in [2.24, 2.45) is 0 Å². The van der Waals surface area contributed by atoms with Crippen molar-refractivity contribution in [3.05, 3.63) is 96.1 Å². The highest BCUT2D eigenvalue weighted by Gasteiger charge is 2.24.